The highest BCUT2D eigenvalue weighted by atomic mass is 35.5. The maximum Gasteiger partial charge on any atom is 0.372 e. The van der Waals surface area contributed by atoms with Crippen molar-refractivity contribution in [2.24, 2.45) is 0 Å². The summed E-state index contributed by atoms with van der Waals surface area (Å²) in [7, 11) is 0. The van der Waals surface area contributed by atoms with Crippen molar-refractivity contribution in [3.05, 3.63) is 29.0 Å². The lowest BCUT2D eigenvalue weighted by Crippen LogP contribution is -2.11. The molecule has 0 aliphatic carbocycles. The molecule has 1 heterocycles. The van der Waals surface area contributed by atoms with E-state index in [0.717, 1.165) is 5.52 Å². The average molecular weight is 239 g/mol. The lowest BCUT2D eigenvalue weighted by Gasteiger charge is -2.10. The predicted octanol–water partition coefficient (Wildman–Crippen LogP) is 2.97. The molecule has 2 aromatic rings. The Labute approximate surface area is 97.5 Å². The second kappa shape index (κ2) is 3.79. The number of nitrogens with zero attached hydrogens (tertiary/aromatic N) is 2. The van der Waals surface area contributed by atoms with Crippen LogP contribution in [0.5, 0.6) is 0 Å². The van der Waals surface area contributed by atoms with Crippen LogP contribution >= 0.6 is 11.6 Å². The SMILES string of the molecule is CC(C)n1c(C(=O)O)nc2ccc(Cl)cc21. The van der Waals surface area contributed by atoms with Crippen molar-refractivity contribution in [3.63, 3.8) is 0 Å². The van der Waals surface area contributed by atoms with Crippen LogP contribution in [0.1, 0.15) is 30.5 Å². The minimum atomic E-state index is -1.03. The standard InChI is InChI=1S/C11H11ClN2O2/c1-6(2)14-9-5-7(12)3-4-8(9)13-10(14)11(15)16/h3-6H,1-2H3,(H,15,16). The number of aromatic carboxylic acids is 1. The minimum Gasteiger partial charge on any atom is -0.475 e. The number of hydrogen-bond donors (Lipinski definition) is 1. The van der Waals surface area contributed by atoms with Gasteiger partial charge in [-0.1, -0.05) is 11.6 Å². The van der Waals surface area contributed by atoms with Gasteiger partial charge < -0.3 is 9.67 Å². The molecule has 2 rings (SSSR count). The maximum absolute atomic E-state index is 11.1. The molecule has 0 saturated heterocycles. The molecule has 0 amide bonds. The van der Waals surface area contributed by atoms with E-state index in [-0.39, 0.29) is 11.9 Å². The van der Waals surface area contributed by atoms with Gasteiger partial charge in [0, 0.05) is 11.1 Å². The Morgan fingerprint density at radius 2 is 2.19 bits per heavy atom. The van der Waals surface area contributed by atoms with Crippen LogP contribution < -0.4 is 0 Å². The van der Waals surface area contributed by atoms with Gasteiger partial charge in [0.2, 0.25) is 5.82 Å². The highest BCUT2D eigenvalue weighted by molar-refractivity contribution is 6.31. The largest absolute Gasteiger partial charge is 0.475 e. The summed E-state index contributed by atoms with van der Waals surface area (Å²) in [6.45, 7) is 3.82. The van der Waals surface area contributed by atoms with Gasteiger partial charge in [0.05, 0.1) is 11.0 Å². The van der Waals surface area contributed by atoms with Gasteiger partial charge in [-0.3, -0.25) is 0 Å². The summed E-state index contributed by atoms with van der Waals surface area (Å²) in [5.41, 5.74) is 1.40. The Morgan fingerprint density at radius 1 is 1.50 bits per heavy atom. The number of fused-ring (bicyclic) bond motifs is 1. The second-order valence-corrected chi connectivity index (χ2v) is 4.27. The number of aromatic nitrogens is 2. The summed E-state index contributed by atoms with van der Waals surface area (Å²) in [6.07, 6.45) is 0. The summed E-state index contributed by atoms with van der Waals surface area (Å²) in [4.78, 5) is 15.1. The van der Waals surface area contributed by atoms with Gasteiger partial charge in [0.15, 0.2) is 0 Å². The van der Waals surface area contributed by atoms with E-state index >= 15 is 0 Å². The summed E-state index contributed by atoms with van der Waals surface area (Å²) >= 11 is 5.90. The van der Waals surface area contributed by atoms with Gasteiger partial charge in [0.1, 0.15) is 0 Å². The quantitative estimate of drug-likeness (QED) is 0.875. The maximum atomic E-state index is 11.1. The molecule has 0 unspecified atom stereocenters. The third-order valence-electron chi connectivity index (χ3n) is 2.36. The van der Waals surface area contributed by atoms with Gasteiger partial charge in [-0.15, -0.1) is 0 Å². The molecule has 1 N–H and O–H groups in total. The van der Waals surface area contributed by atoms with E-state index in [1.165, 1.54) is 0 Å². The van der Waals surface area contributed by atoms with Gasteiger partial charge in [-0.05, 0) is 32.0 Å². The predicted molar refractivity (Wildman–Crippen MR) is 62.1 cm³/mol. The molecule has 0 aliphatic rings. The Kier molecular flexibility index (Phi) is 2.59. The molecule has 0 bridgehead atoms. The van der Waals surface area contributed by atoms with E-state index in [4.69, 9.17) is 16.7 Å². The summed E-state index contributed by atoms with van der Waals surface area (Å²) in [5.74, 6) is -0.978. The molecular formula is C11H11ClN2O2. The van der Waals surface area contributed by atoms with Gasteiger partial charge in [-0.2, -0.15) is 0 Å². The zero-order valence-corrected chi connectivity index (χ0v) is 9.69. The number of imidazole rings is 1. The molecular weight excluding hydrogens is 228 g/mol. The third kappa shape index (κ3) is 1.65. The topological polar surface area (TPSA) is 55.1 Å². The van der Waals surface area contributed by atoms with Crippen molar-refractivity contribution in [1.29, 1.82) is 0 Å². The summed E-state index contributed by atoms with van der Waals surface area (Å²) in [5, 5.41) is 9.64. The fourth-order valence-corrected chi connectivity index (χ4v) is 1.91. The molecule has 16 heavy (non-hydrogen) atoms. The molecule has 0 spiro atoms. The summed E-state index contributed by atoms with van der Waals surface area (Å²) < 4.78 is 1.67. The Balaban J connectivity index is 2.82. The van der Waals surface area contributed by atoms with Crippen LogP contribution in [0.4, 0.5) is 0 Å². The number of benzene rings is 1. The van der Waals surface area contributed by atoms with Crippen molar-refractivity contribution >= 4 is 28.6 Å². The molecule has 0 radical (unpaired) electrons. The van der Waals surface area contributed by atoms with Crippen molar-refractivity contribution in [2.75, 3.05) is 0 Å². The number of carboxylic acid groups (broad SMARTS) is 1. The molecule has 1 aromatic carbocycles. The minimum absolute atomic E-state index is 0.0227. The highest BCUT2D eigenvalue weighted by Gasteiger charge is 2.18. The van der Waals surface area contributed by atoms with Crippen LogP contribution in [0.3, 0.4) is 0 Å². The molecule has 5 heteroatoms. The number of carboxylic acids is 1. The van der Waals surface area contributed by atoms with Gasteiger partial charge in [0.25, 0.3) is 0 Å². The molecule has 0 saturated carbocycles. The third-order valence-corrected chi connectivity index (χ3v) is 2.59. The van der Waals surface area contributed by atoms with E-state index < -0.39 is 5.97 Å². The van der Waals surface area contributed by atoms with E-state index in [1.807, 2.05) is 13.8 Å². The number of halogens is 1. The first kappa shape index (κ1) is 11.0. The lowest BCUT2D eigenvalue weighted by atomic mass is 10.3. The van der Waals surface area contributed by atoms with Crippen LogP contribution in [0.15, 0.2) is 18.2 Å². The first-order valence-electron chi connectivity index (χ1n) is 4.91. The van der Waals surface area contributed by atoms with Gasteiger partial charge >= 0.3 is 5.97 Å². The molecule has 1 aromatic heterocycles. The Hall–Kier alpha value is -1.55. The molecule has 0 fully saturated rings. The molecule has 0 atom stereocenters. The van der Waals surface area contributed by atoms with E-state index in [0.29, 0.717) is 10.5 Å². The number of rotatable bonds is 2. The Morgan fingerprint density at radius 3 is 2.75 bits per heavy atom. The van der Waals surface area contributed by atoms with Crippen molar-refractivity contribution < 1.29 is 9.90 Å². The van der Waals surface area contributed by atoms with E-state index in [2.05, 4.69) is 4.98 Å². The number of hydrogen-bond acceptors (Lipinski definition) is 2. The van der Waals surface area contributed by atoms with Crippen molar-refractivity contribution in [1.82, 2.24) is 9.55 Å². The Bertz CT molecular complexity index is 560. The van der Waals surface area contributed by atoms with E-state index in [1.54, 1.807) is 22.8 Å². The van der Waals surface area contributed by atoms with Crippen molar-refractivity contribution in [3.8, 4) is 0 Å². The fourth-order valence-electron chi connectivity index (χ4n) is 1.74. The summed E-state index contributed by atoms with van der Waals surface area (Å²) in [6, 6.07) is 5.18. The fraction of sp³-hybridized carbons (Fsp3) is 0.273. The molecule has 0 aliphatic heterocycles. The second-order valence-electron chi connectivity index (χ2n) is 3.84. The first-order valence-corrected chi connectivity index (χ1v) is 5.29. The molecule has 4 nitrogen and oxygen atoms in total. The lowest BCUT2D eigenvalue weighted by molar-refractivity contribution is 0.0677. The highest BCUT2D eigenvalue weighted by Crippen LogP contribution is 2.24. The normalized spacial score (nSPS) is 11.2. The number of carbonyl (C=O) groups is 1. The first-order chi connectivity index (χ1) is 7.50. The van der Waals surface area contributed by atoms with Crippen molar-refractivity contribution in [2.45, 2.75) is 19.9 Å². The monoisotopic (exact) mass is 238 g/mol. The van der Waals surface area contributed by atoms with Crippen LogP contribution in [-0.4, -0.2) is 20.6 Å². The van der Waals surface area contributed by atoms with Crippen LogP contribution in [0.2, 0.25) is 5.02 Å². The van der Waals surface area contributed by atoms with E-state index in [9.17, 15) is 4.79 Å². The van der Waals surface area contributed by atoms with Crippen LogP contribution in [0, 0.1) is 0 Å². The smallest absolute Gasteiger partial charge is 0.372 e. The van der Waals surface area contributed by atoms with Crippen LogP contribution in [-0.2, 0) is 0 Å². The molecule has 84 valence electrons. The zero-order valence-electron chi connectivity index (χ0n) is 8.94. The van der Waals surface area contributed by atoms with Gasteiger partial charge in [-0.25, -0.2) is 9.78 Å². The zero-order chi connectivity index (χ0) is 11.9. The van der Waals surface area contributed by atoms with Crippen LogP contribution in [0.25, 0.3) is 11.0 Å². The average Bonchev–Trinajstić information content (AvgIpc) is 2.55.